The third-order valence-electron chi connectivity index (χ3n) is 2.56. The molecule has 1 atom stereocenters. The lowest BCUT2D eigenvalue weighted by Crippen LogP contribution is -2.04. The number of anilines is 1. The molecular weight excluding hydrogens is 184 g/mol. The summed E-state index contributed by atoms with van der Waals surface area (Å²) in [5.41, 5.74) is 4.08. The van der Waals surface area contributed by atoms with Gasteiger partial charge in [-0.3, -0.25) is 5.43 Å². The minimum atomic E-state index is 0.603. The van der Waals surface area contributed by atoms with Crippen molar-refractivity contribution in [3.8, 4) is 0 Å². The van der Waals surface area contributed by atoms with E-state index in [9.17, 15) is 0 Å². The fourth-order valence-corrected chi connectivity index (χ4v) is 1.68. The molecule has 0 saturated carbocycles. The Morgan fingerprint density at radius 1 is 1.20 bits per heavy atom. The van der Waals surface area contributed by atoms with Crippen molar-refractivity contribution in [3.05, 3.63) is 42.5 Å². The fourth-order valence-electron chi connectivity index (χ4n) is 1.68. The van der Waals surface area contributed by atoms with Crippen molar-refractivity contribution in [1.29, 1.82) is 0 Å². The summed E-state index contributed by atoms with van der Waals surface area (Å²) in [5, 5.41) is 4.26. The molecule has 0 heterocycles. The van der Waals surface area contributed by atoms with Gasteiger partial charge in [0.05, 0.1) is 5.69 Å². The smallest absolute Gasteiger partial charge is 0.0561 e. The standard InChI is InChI=1S/C13H16N2/c1-3-7-12(8-4-1)11-14-15-13-9-5-2-6-10-13/h1-3,5-6,9-12,15H,4,7-8H2/b14-11+/t12-/m0/s1. The summed E-state index contributed by atoms with van der Waals surface area (Å²) in [6.07, 6.45) is 10.0. The van der Waals surface area contributed by atoms with Gasteiger partial charge in [0.1, 0.15) is 0 Å². The van der Waals surface area contributed by atoms with Gasteiger partial charge < -0.3 is 0 Å². The highest BCUT2D eigenvalue weighted by Gasteiger charge is 2.05. The number of nitrogens with zero attached hydrogens (tertiary/aromatic N) is 1. The zero-order chi connectivity index (χ0) is 10.3. The zero-order valence-corrected chi connectivity index (χ0v) is 8.76. The lowest BCUT2D eigenvalue weighted by Gasteiger charge is -2.11. The van der Waals surface area contributed by atoms with Gasteiger partial charge in [0.25, 0.3) is 0 Å². The Kier molecular flexibility index (Phi) is 3.55. The van der Waals surface area contributed by atoms with E-state index in [1.807, 2.05) is 36.5 Å². The molecule has 0 spiro atoms. The van der Waals surface area contributed by atoms with Crippen molar-refractivity contribution in [3.63, 3.8) is 0 Å². The molecule has 1 aliphatic carbocycles. The predicted molar refractivity (Wildman–Crippen MR) is 65.0 cm³/mol. The molecule has 0 amide bonds. The van der Waals surface area contributed by atoms with Crippen LogP contribution in [0.1, 0.15) is 19.3 Å². The van der Waals surface area contributed by atoms with E-state index in [1.54, 1.807) is 0 Å². The molecule has 0 radical (unpaired) electrons. The molecule has 0 fully saturated rings. The summed E-state index contributed by atoms with van der Waals surface area (Å²) < 4.78 is 0. The van der Waals surface area contributed by atoms with Crippen LogP contribution < -0.4 is 5.43 Å². The first kappa shape index (κ1) is 9.97. The summed E-state index contributed by atoms with van der Waals surface area (Å²) in [6, 6.07) is 10.0. The molecule has 0 saturated heterocycles. The predicted octanol–water partition coefficient (Wildman–Crippen LogP) is 3.44. The second-order valence-corrected chi connectivity index (χ2v) is 3.80. The zero-order valence-electron chi connectivity index (χ0n) is 8.76. The van der Waals surface area contributed by atoms with Gasteiger partial charge in [-0.1, -0.05) is 30.4 Å². The molecule has 1 aromatic rings. The SMILES string of the molecule is C1=CC[C@H](/C=N/Nc2ccccc2)CC1. The Balaban J connectivity index is 1.82. The average Bonchev–Trinajstić information content (AvgIpc) is 2.32. The molecular formula is C13H16N2. The van der Waals surface area contributed by atoms with Gasteiger partial charge in [-0.2, -0.15) is 5.10 Å². The van der Waals surface area contributed by atoms with Crippen LogP contribution in [0.3, 0.4) is 0 Å². The van der Waals surface area contributed by atoms with E-state index in [-0.39, 0.29) is 0 Å². The number of benzene rings is 1. The number of para-hydroxylation sites is 1. The van der Waals surface area contributed by atoms with Crippen molar-refractivity contribution in [2.45, 2.75) is 19.3 Å². The van der Waals surface area contributed by atoms with Gasteiger partial charge >= 0.3 is 0 Å². The summed E-state index contributed by atoms with van der Waals surface area (Å²) in [4.78, 5) is 0. The number of rotatable bonds is 3. The van der Waals surface area contributed by atoms with E-state index in [1.165, 1.54) is 12.8 Å². The van der Waals surface area contributed by atoms with Crippen molar-refractivity contribution in [1.82, 2.24) is 0 Å². The van der Waals surface area contributed by atoms with Gasteiger partial charge in [0.2, 0.25) is 0 Å². The van der Waals surface area contributed by atoms with E-state index in [4.69, 9.17) is 0 Å². The fraction of sp³-hybridized carbons (Fsp3) is 0.308. The van der Waals surface area contributed by atoms with Crippen LogP contribution in [0.25, 0.3) is 0 Å². The van der Waals surface area contributed by atoms with E-state index in [2.05, 4.69) is 22.7 Å². The highest BCUT2D eigenvalue weighted by atomic mass is 15.3. The summed E-state index contributed by atoms with van der Waals surface area (Å²) in [7, 11) is 0. The minimum absolute atomic E-state index is 0.603. The molecule has 0 aromatic heterocycles. The van der Waals surface area contributed by atoms with E-state index >= 15 is 0 Å². The Morgan fingerprint density at radius 3 is 2.80 bits per heavy atom. The van der Waals surface area contributed by atoms with Crippen LogP contribution in [0, 0.1) is 5.92 Å². The number of nitrogens with one attached hydrogen (secondary N) is 1. The topological polar surface area (TPSA) is 24.4 Å². The van der Waals surface area contributed by atoms with Gasteiger partial charge in [-0.05, 0) is 37.3 Å². The maximum Gasteiger partial charge on any atom is 0.0561 e. The molecule has 78 valence electrons. The van der Waals surface area contributed by atoms with Crippen LogP contribution in [0.15, 0.2) is 47.6 Å². The molecule has 1 aliphatic rings. The maximum absolute atomic E-state index is 4.26. The van der Waals surface area contributed by atoms with Gasteiger partial charge in [0, 0.05) is 6.21 Å². The van der Waals surface area contributed by atoms with Gasteiger partial charge in [-0.25, -0.2) is 0 Å². The van der Waals surface area contributed by atoms with Gasteiger partial charge in [-0.15, -0.1) is 0 Å². The van der Waals surface area contributed by atoms with E-state index < -0.39 is 0 Å². The average molecular weight is 200 g/mol. The molecule has 0 aliphatic heterocycles. The third-order valence-corrected chi connectivity index (χ3v) is 2.56. The quantitative estimate of drug-likeness (QED) is 0.451. The van der Waals surface area contributed by atoms with E-state index in [0.717, 1.165) is 12.1 Å². The Bertz CT molecular complexity index is 341. The van der Waals surface area contributed by atoms with Crippen LogP contribution in [-0.4, -0.2) is 6.21 Å². The molecule has 1 aromatic carbocycles. The number of allylic oxidation sites excluding steroid dienone is 2. The molecule has 2 rings (SSSR count). The molecule has 2 nitrogen and oxygen atoms in total. The highest BCUT2D eigenvalue weighted by molar-refractivity contribution is 5.63. The summed E-state index contributed by atoms with van der Waals surface area (Å²) in [5.74, 6) is 0.603. The first-order chi connectivity index (χ1) is 7.45. The Hall–Kier alpha value is -1.57. The Morgan fingerprint density at radius 2 is 2.07 bits per heavy atom. The van der Waals surface area contributed by atoms with Crippen molar-refractivity contribution < 1.29 is 0 Å². The van der Waals surface area contributed by atoms with Gasteiger partial charge in [0.15, 0.2) is 0 Å². The van der Waals surface area contributed by atoms with E-state index in [0.29, 0.717) is 5.92 Å². The summed E-state index contributed by atoms with van der Waals surface area (Å²) in [6.45, 7) is 0. The second-order valence-electron chi connectivity index (χ2n) is 3.80. The summed E-state index contributed by atoms with van der Waals surface area (Å²) >= 11 is 0. The molecule has 15 heavy (non-hydrogen) atoms. The van der Waals surface area contributed by atoms with Crippen LogP contribution in [0.5, 0.6) is 0 Å². The molecule has 2 heteroatoms. The first-order valence-electron chi connectivity index (χ1n) is 5.44. The van der Waals surface area contributed by atoms with Crippen LogP contribution >= 0.6 is 0 Å². The monoisotopic (exact) mass is 200 g/mol. The second kappa shape index (κ2) is 5.35. The van der Waals surface area contributed by atoms with Crippen molar-refractivity contribution in [2.75, 3.05) is 5.43 Å². The lowest BCUT2D eigenvalue weighted by atomic mass is 9.96. The molecule has 0 bridgehead atoms. The maximum atomic E-state index is 4.26. The third kappa shape index (κ3) is 3.24. The van der Waals surface area contributed by atoms with Crippen molar-refractivity contribution in [2.24, 2.45) is 11.0 Å². The highest BCUT2D eigenvalue weighted by Crippen LogP contribution is 2.15. The molecule has 1 N–H and O–H groups in total. The Labute approximate surface area is 90.7 Å². The normalized spacial score (nSPS) is 20.7. The largest absolute Gasteiger partial charge is 0.279 e. The van der Waals surface area contributed by atoms with Crippen LogP contribution in [-0.2, 0) is 0 Å². The lowest BCUT2D eigenvalue weighted by molar-refractivity contribution is 0.627. The van der Waals surface area contributed by atoms with Crippen LogP contribution in [0.2, 0.25) is 0 Å². The van der Waals surface area contributed by atoms with Crippen molar-refractivity contribution >= 4 is 11.9 Å². The minimum Gasteiger partial charge on any atom is -0.279 e. The molecule has 0 unspecified atom stereocenters. The number of hydrazone groups is 1. The first-order valence-corrected chi connectivity index (χ1v) is 5.44. The number of hydrogen-bond donors (Lipinski definition) is 1. The van der Waals surface area contributed by atoms with Crippen LogP contribution in [0.4, 0.5) is 5.69 Å². The number of hydrogen-bond acceptors (Lipinski definition) is 2.